The van der Waals surface area contributed by atoms with Crippen LogP contribution in [0.4, 0.5) is 4.79 Å². The van der Waals surface area contributed by atoms with Crippen LogP contribution in [0.25, 0.3) is 0 Å². The van der Waals surface area contributed by atoms with Gasteiger partial charge >= 0.3 is 6.03 Å². The predicted octanol–water partition coefficient (Wildman–Crippen LogP) is 4.06. The molecule has 1 aromatic carbocycles. The standard InChI is InChI=1S/C18H16N2O2S/c21-17-19-16-13-6-1-2-8-15(13)22-18(9-3-7-14(16)18)20(17)11-12-5-4-10-23-12/h1-2,4-6,8,10,14H,3,7,9,11H2. The summed E-state index contributed by atoms with van der Waals surface area (Å²) < 4.78 is 6.48. The molecule has 116 valence electrons. The SMILES string of the molecule is O=C1N=C2c3ccccc3OC3(CCCC23)N1Cc1cccs1. The Labute approximate surface area is 138 Å². The van der Waals surface area contributed by atoms with Crippen LogP contribution in [0.2, 0.25) is 0 Å². The fourth-order valence-electron chi connectivity index (χ4n) is 4.18. The number of aliphatic imine (C=N–C) groups is 1. The maximum absolute atomic E-state index is 12.7. The highest BCUT2D eigenvalue weighted by Crippen LogP contribution is 2.51. The van der Waals surface area contributed by atoms with E-state index < -0.39 is 5.72 Å². The van der Waals surface area contributed by atoms with E-state index in [1.165, 1.54) is 4.88 Å². The molecule has 3 heterocycles. The van der Waals surface area contributed by atoms with Crippen LogP contribution in [0, 0.1) is 5.92 Å². The van der Waals surface area contributed by atoms with Gasteiger partial charge in [-0.3, -0.25) is 4.90 Å². The average Bonchev–Trinajstić information content (AvgIpc) is 3.21. The van der Waals surface area contributed by atoms with Crippen LogP contribution >= 0.6 is 11.3 Å². The number of amides is 2. The van der Waals surface area contributed by atoms with Gasteiger partial charge in [-0.25, -0.2) is 4.79 Å². The van der Waals surface area contributed by atoms with E-state index in [2.05, 4.69) is 11.1 Å². The lowest BCUT2D eigenvalue weighted by atomic mass is 9.84. The molecule has 1 aliphatic carbocycles. The lowest BCUT2D eigenvalue weighted by molar-refractivity contribution is -0.0809. The van der Waals surface area contributed by atoms with Crippen molar-refractivity contribution in [1.29, 1.82) is 0 Å². The van der Waals surface area contributed by atoms with Crippen LogP contribution in [-0.2, 0) is 6.54 Å². The first-order valence-corrected chi connectivity index (χ1v) is 8.87. The van der Waals surface area contributed by atoms with Gasteiger partial charge in [0, 0.05) is 16.9 Å². The summed E-state index contributed by atoms with van der Waals surface area (Å²) in [5.41, 5.74) is 1.36. The largest absolute Gasteiger partial charge is 0.466 e. The average molecular weight is 324 g/mol. The second-order valence-corrected chi connectivity index (χ2v) is 7.37. The fourth-order valence-corrected chi connectivity index (χ4v) is 4.87. The van der Waals surface area contributed by atoms with Crippen molar-refractivity contribution in [2.75, 3.05) is 0 Å². The van der Waals surface area contributed by atoms with Crippen LogP contribution in [0.5, 0.6) is 5.75 Å². The highest BCUT2D eigenvalue weighted by Gasteiger charge is 2.59. The number of para-hydroxylation sites is 1. The molecule has 2 unspecified atom stereocenters. The summed E-state index contributed by atoms with van der Waals surface area (Å²) in [6, 6.07) is 11.9. The lowest BCUT2D eigenvalue weighted by Crippen LogP contribution is -2.63. The summed E-state index contributed by atoms with van der Waals surface area (Å²) in [5.74, 6) is 1.04. The van der Waals surface area contributed by atoms with Gasteiger partial charge < -0.3 is 4.74 Å². The molecule has 23 heavy (non-hydrogen) atoms. The van der Waals surface area contributed by atoms with Crippen LogP contribution in [0.1, 0.15) is 29.7 Å². The molecule has 1 fully saturated rings. The molecule has 2 aliphatic heterocycles. The van der Waals surface area contributed by atoms with Crippen LogP contribution in [-0.4, -0.2) is 22.4 Å². The van der Waals surface area contributed by atoms with Crippen molar-refractivity contribution in [1.82, 2.24) is 4.90 Å². The summed E-state index contributed by atoms with van der Waals surface area (Å²) in [6.45, 7) is 0.575. The van der Waals surface area contributed by atoms with Gasteiger partial charge in [-0.1, -0.05) is 18.2 Å². The van der Waals surface area contributed by atoms with E-state index >= 15 is 0 Å². The van der Waals surface area contributed by atoms with E-state index in [4.69, 9.17) is 4.74 Å². The summed E-state index contributed by atoms with van der Waals surface area (Å²) in [5, 5.41) is 2.04. The highest BCUT2D eigenvalue weighted by atomic mass is 32.1. The third-order valence-electron chi connectivity index (χ3n) is 5.15. The molecule has 1 saturated carbocycles. The van der Waals surface area contributed by atoms with Crippen molar-refractivity contribution >= 4 is 23.1 Å². The Morgan fingerprint density at radius 3 is 3.09 bits per heavy atom. The zero-order chi connectivity index (χ0) is 15.4. The van der Waals surface area contributed by atoms with E-state index in [1.54, 1.807) is 11.3 Å². The molecule has 0 N–H and O–H groups in total. The second kappa shape index (κ2) is 4.68. The lowest BCUT2D eigenvalue weighted by Gasteiger charge is -2.50. The minimum Gasteiger partial charge on any atom is -0.466 e. The first-order valence-electron chi connectivity index (χ1n) is 7.99. The molecule has 2 atom stereocenters. The molecule has 0 spiro atoms. The molecule has 4 nitrogen and oxygen atoms in total. The second-order valence-electron chi connectivity index (χ2n) is 6.33. The van der Waals surface area contributed by atoms with Gasteiger partial charge in [0.2, 0.25) is 0 Å². The van der Waals surface area contributed by atoms with Crippen molar-refractivity contribution < 1.29 is 9.53 Å². The Kier molecular flexibility index (Phi) is 2.71. The van der Waals surface area contributed by atoms with Crippen molar-refractivity contribution in [3.8, 4) is 5.75 Å². The van der Waals surface area contributed by atoms with Gasteiger partial charge in [-0.05, 0) is 36.4 Å². The molecule has 1 aromatic heterocycles. The van der Waals surface area contributed by atoms with E-state index in [0.29, 0.717) is 6.54 Å². The number of rotatable bonds is 2. The summed E-state index contributed by atoms with van der Waals surface area (Å²) >= 11 is 1.67. The highest BCUT2D eigenvalue weighted by molar-refractivity contribution is 7.09. The van der Waals surface area contributed by atoms with Crippen molar-refractivity contribution in [3.63, 3.8) is 0 Å². The normalized spacial score (nSPS) is 28.0. The number of urea groups is 1. The third kappa shape index (κ3) is 1.77. The quantitative estimate of drug-likeness (QED) is 0.836. The molecule has 3 aliphatic rings. The number of hydrogen-bond donors (Lipinski definition) is 0. The number of hydrogen-bond acceptors (Lipinski definition) is 3. The number of ether oxygens (including phenoxy) is 1. The van der Waals surface area contributed by atoms with Crippen LogP contribution in [0.15, 0.2) is 46.8 Å². The zero-order valence-electron chi connectivity index (χ0n) is 12.6. The molecular formula is C18H16N2O2S. The number of benzene rings is 1. The molecule has 2 bridgehead atoms. The Bertz CT molecular complexity index is 814. The Morgan fingerprint density at radius 2 is 2.22 bits per heavy atom. The monoisotopic (exact) mass is 324 g/mol. The van der Waals surface area contributed by atoms with Gasteiger partial charge in [0.1, 0.15) is 5.75 Å². The minimum atomic E-state index is -0.549. The van der Waals surface area contributed by atoms with E-state index in [1.807, 2.05) is 40.6 Å². The van der Waals surface area contributed by atoms with Gasteiger partial charge in [0.05, 0.1) is 18.2 Å². The van der Waals surface area contributed by atoms with Gasteiger partial charge in [0.15, 0.2) is 5.72 Å². The number of fused-ring (bicyclic) bond motifs is 2. The van der Waals surface area contributed by atoms with Crippen LogP contribution in [0.3, 0.4) is 0 Å². The fraction of sp³-hybridized carbons (Fsp3) is 0.333. The molecule has 5 heteroatoms. The smallest absolute Gasteiger partial charge is 0.347 e. The molecule has 0 saturated heterocycles. The molecule has 2 aromatic rings. The van der Waals surface area contributed by atoms with Crippen LogP contribution < -0.4 is 4.74 Å². The number of carbonyl (C=O) groups is 1. The molecule has 0 radical (unpaired) electrons. The van der Waals surface area contributed by atoms with Crippen molar-refractivity contribution in [2.45, 2.75) is 31.5 Å². The van der Waals surface area contributed by atoms with E-state index in [-0.39, 0.29) is 11.9 Å². The van der Waals surface area contributed by atoms with Crippen molar-refractivity contribution in [2.24, 2.45) is 10.9 Å². The number of thiophene rings is 1. The zero-order valence-corrected chi connectivity index (χ0v) is 13.4. The minimum absolute atomic E-state index is 0.166. The topological polar surface area (TPSA) is 41.9 Å². The van der Waals surface area contributed by atoms with E-state index in [9.17, 15) is 4.79 Å². The van der Waals surface area contributed by atoms with Gasteiger partial charge in [0.25, 0.3) is 0 Å². The van der Waals surface area contributed by atoms with Gasteiger partial charge in [-0.15, -0.1) is 11.3 Å². The summed E-state index contributed by atoms with van der Waals surface area (Å²) in [4.78, 5) is 20.2. The molecule has 5 rings (SSSR count). The van der Waals surface area contributed by atoms with Crippen molar-refractivity contribution in [3.05, 3.63) is 52.2 Å². The first-order chi connectivity index (χ1) is 11.3. The predicted molar refractivity (Wildman–Crippen MR) is 88.9 cm³/mol. The maximum atomic E-state index is 12.7. The first kappa shape index (κ1) is 13.3. The molecule has 2 amide bonds. The molecular weight excluding hydrogens is 308 g/mol. The Balaban J connectivity index is 1.66. The van der Waals surface area contributed by atoms with E-state index in [0.717, 1.165) is 36.3 Å². The van der Waals surface area contributed by atoms with Gasteiger partial charge in [-0.2, -0.15) is 4.99 Å². The Morgan fingerprint density at radius 1 is 1.30 bits per heavy atom. The number of nitrogens with zero attached hydrogens (tertiary/aromatic N) is 2. The Hall–Kier alpha value is -2.14. The summed E-state index contributed by atoms with van der Waals surface area (Å²) in [6.07, 6.45) is 2.97. The summed E-state index contributed by atoms with van der Waals surface area (Å²) in [7, 11) is 0. The third-order valence-corrected chi connectivity index (χ3v) is 6.01. The maximum Gasteiger partial charge on any atom is 0.347 e. The number of carbonyl (C=O) groups excluding carboxylic acids is 1.